The lowest BCUT2D eigenvalue weighted by Gasteiger charge is -2.23. The molecule has 0 bridgehead atoms. The van der Waals surface area contributed by atoms with Gasteiger partial charge in [-0.2, -0.15) is 13.2 Å². The standard InChI is InChI=1S/C11H12F3N3O3/c12-11(13,14)8-7(9(18)19)5-15-10(17-8)16-6-1-3-20-4-2-6/h5-6H,1-4H2,(H,18,19)(H,15,16,17). The van der Waals surface area contributed by atoms with E-state index < -0.39 is 23.4 Å². The summed E-state index contributed by atoms with van der Waals surface area (Å²) in [4.78, 5) is 17.7. The van der Waals surface area contributed by atoms with Crippen molar-refractivity contribution in [3.05, 3.63) is 17.5 Å². The van der Waals surface area contributed by atoms with Crippen LogP contribution in [-0.2, 0) is 10.9 Å². The average molecular weight is 291 g/mol. The normalized spacial score (nSPS) is 16.9. The predicted molar refractivity (Wildman–Crippen MR) is 61.5 cm³/mol. The van der Waals surface area contributed by atoms with Gasteiger partial charge in [0.15, 0.2) is 5.69 Å². The molecule has 0 radical (unpaired) electrons. The lowest BCUT2D eigenvalue weighted by molar-refractivity contribution is -0.141. The minimum atomic E-state index is -4.84. The van der Waals surface area contributed by atoms with Gasteiger partial charge in [0.2, 0.25) is 5.95 Å². The minimum Gasteiger partial charge on any atom is -0.478 e. The molecular formula is C11H12F3N3O3. The molecule has 0 atom stereocenters. The summed E-state index contributed by atoms with van der Waals surface area (Å²) in [6.45, 7) is 1.02. The fourth-order valence-corrected chi connectivity index (χ4v) is 1.85. The van der Waals surface area contributed by atoms with Crippen LogP contribution < -0.4 is 5.32 Å². The first-order valence-electron chi connectivity index (χ1n) is 5.89. The summed E-state index contributed by atoms with van der Waals surface area (Å²) in [6, 6.07) is -0.0829. The molecule has 0 spiro atoms. The summed E-state index contributed by atoms with van der Waals surface area (Å²) >= 11 is 0. The Kier molecular flexibility index (Phi) is 4.07. The van der Waals surface area contributed by atoms with E-state index in [-0.39, 0.29) is 12.0 Å². The Hall–Kier alpha value is -1.90. The molecule has 0 amide bonds. The van der Waals surface area contributed by atoms with E-state index >= 15 is 0 Å². The van der Waals surface area contributed by atoms with Gasteiger partial charge in [-0.05, 0) is 12.8 Å². The Labute approximate surface area is 112 Å². The Morgan fingerprint density at radius 3 is 2.60 bits per heavy atom. The van der Waals surface area contributed by atoms with Crippen molar-refractivity contribution < 1.29 is 27.8 Å². The summed E-state index contributed by atoms with van der Waals surface area (Å²) in [5.74, 6) is -1.94. The fraction of sp³-hybridized carbons (Fsp3) is 0.545. The number of halogens is 3. The minimum absolute atomic E-state index is 0.0829. The van der Waals surface area contributed by atoms with Crippen molar-refractivity contribution in [2.75, 3.05) is 18.5 Å². The highest BCUT2D eigenvalue weighted by molar-refractivity contribution is 5.88. The zero-order valence-electron chi connectivity index (χ0n) is 10.3. The number of hydrogen-bond acceptors (Lipinski definition) is 5. The van der Waals surface area contributed by atoms with Crippen molar-refractivity contribution in [2.24, 2.45) is 0 Å². The van der Waals surface area contributed by atoms with Crippen molar-refractivity contribution >= 4 is 11.9 Å². The SMILES string of the molecule is O=C(O)c1cnc(NC2CCOCC2)nc1C(F)(F)F. The molecular weight excluding hydrogens is 279 g/mol. The highest BCUT2D eigenvalue weighted by Crippen LogP contribution is 2.31. The van der Waals surface area contributed by atoms with Crippen LogP contribution in [-0.4, -0.2) is 40.3 Å². The largest absolute Gasteiger partial charge is 0.478 e. The van der Waals surface area contributed by atoms with Crippen LogP contribution in [0.25, 0.3) is 0 Å². The maximum Gasteiger partial charge on any atom is 0.434 e. The second-order valence-electron chi connectivity index (χ2n) is 4.29. The van der Waals surface area contributed by atoms with E-state index in [9.17, 15) is 18.0 Å². The quantitative estimate of drug-likeness (QED) is 0.883. The third-order valence-corrected chi connectivity index (χ3v) is 2.84. The molecule has 1 aliphatic rings. The Morgan fingerprint density at radius 1 is 1.40 bits per heavy atom. The van der Waals surface area contributed by atoms with Crippen LogP contribution in [0.4, 0.5) is 19.1 Å². The molecule has 1 aliphatic heterocycles. The van der Waals surface area contributed by atoms with Gasteiger partial charge < -0.3 is 15.2 Å². The van der Waals surface area contributed by atoms with Gasteiger partial charge in [-0.1, -0.05) is 0 Å². The van der Waals surface area contributed by atoms with Crippen LogP contribution in [0.15, 0.2) is 6.20 Å². The number of nitrogens with zero attached hydrogens (tertiary/aromatic N) is 2. The van der Waals surface area contributed by atoms with E-state index in [1.54, 1.807) is 0 Å². The van der Waals surface area contributed by atoms with Crippen LogP contribution in [0.3, 0.4) is 0 Å². The van der Waals surface area contributed by atoms with Crippen molar-refractivity contribution in [1.82, 2.24) is 9.97 Å². The monoisotopic (exact) mass is 291 g/mol. The number of rotatable bonds is 3. The first-order chi connectivity index (χ1) is 9.38. The lowest BCUT2D eigenvalue weighted by atomic mass is 10.1. The van der Waals surface area contributed by atoms with Crippen LogP contribution in [0, 0.1) is 0 Å². The zero-order valence-corrected chi connectivity index (χ0v) is 10.3. The van der Waals surface area contributed by atoms with E-state index in [2.05, 4.69) is 15.3 Å². The first-order valence-corrected chi connectivity index (χ1v) is 5.89. The first kappa shape index (κ1) is 14.5. The Balaban J connectivity index is 2.25. The summed E-state index contributed by atoms with van der Waals surface area (Å²) in [5, 5.41) is 11.5. The second-order valence-corrected chi connectivity index (χ2v) is 4.29. The van der Waals surface area contributed by atoms with E-state index in [0.717, 1.165) is 0 Å². The molecule has 1 aromatic rings. The number of ether oxygens (including phenoxy) is 1. The highest BCUT2D eigenvalue weighted by Gasteiger charge is 2.38. The number of carboxylic acid groups (broad SMARTS) is 1. The molecule has 2 N–H and O–H groups in total. The number of anilines is 1. The third-order valence-electron chi connectivity index (χ3n) is 2.84. The van der Waals surface area contributed by atoms with E-state index in [0.29, 0.717) is 32.3 Å². The van der Waals surface area contributed by atoms with Crippen molar-refractivity contribution in [2.45, 2.75) is 25.1 Å². The van der Waals surface area contributed by atoms with Gasteiger partial charge in [-0.15, -0.1) is 0 Å². The Morgan fingerprint density at radius 2 is 2.05 bits per heavy atom. The summed E-state index contributed by atoms with van der Waals surface area (Å²) in [6.07, 6.45) is -2.92. The molecule has 2 rings (SSSR count). The molecule has 0 unspecified atom stereocenters. The Bertz CT molecular complexity index is 501. The highest BCUT2D eigenvalue weighted by atomic mass is 19.4. The lowest BCUT2D eigenvalue weighted by Crippen LogP contribution is -2.29. The van der Waals surface area contributed by atoms with Gasteiger partial charge in [-0.25, -0.2) is 14.8 Å². The van der Waals surface area contributed by atoms with Crippen molar-refractivity contribution in [3.63, 3.8) is 0 Å². The molecule has 110 valence electrons. The van der Waals surface area contributed by atoms with Gasteiger partial charge in [0.25, 0.3) is 0 Å². The molecule has 1 fully saturated rings. The van der Waals surface area contributed by atoms with Crippen LogP contribution >= 0.6 is 0 Å². The summed E-state index contributed by atoms with van der Waals surface area (Å²) in [5.41, 5.74) is -2.41. The molecule has 9 heteroatoms. The number of aromatic nitrogens is 2. The molecule has 0 aromatic carbocycles. The zero-order chi connectivity index (χ0) is 14.8. The molecule has 2 heterocycles. The van der Waals surface area contributed by atoms with Gasteiger partial charge in [-0.3, -0.25) is 0 Å². The molecule has 1 saturated heterocycles. The second kappa shape index (κ2) is 5.61. The number of aromatic carboxylic acids is 1. The molecule has 1 aromatic heterocycles. The molecule has 6 nitrogen and oxygen atoms in total. The topological polar surface area (TPSA) is 84.3 Å². The maximum atomic E-state index is 12.8. The van der Waals surface area contributed by atoms with Gasteiger partial charge in [0.05, 0.1) is 0 Å². The smallest absolute Gasteiger partial charge is 0.434 e. The van der Waals surface area contributed by atoms with Gasteiger partial charge in [0, 0.05) is 25.5 Å². The van der Waals surface area contributed by atoms with Crippen molar-refractivity contribution in [3.8, 4) is 0 Å². The number of nitrogens with one attached hydrogen (secondary N) is 1. The maximum absolute atomic E-state index is 12.8. The van der Waals surface area contributed by atoms with E-state index in [4.69, 9.17) is 9.84 Å². The summed E-state index contributed by atoms with van der Waals surface area (Å²) < 4.78 is 43.4. The van der Waals surface area contributed by atoms with E-state index in [1.165, 1.54) is 0 Å². The molecule has 0 aliphatic carbocycles. The van der Waals surface area contributed by atoms with E-state index in [1.807, 2.05) is 0 Å². The van der Waals surface area contributed by atoms with Gasteiger partial charge >= 0.3 is 12.1 Å². The van der Waals surface area contributed by atoms with Crippen LogP contribution in [0.5, 0.6) is 0 Å². The number of carbonyl (C=O) groups is 1. The predicted octanol–water partition coefficient (Wildman–Crippen LogP) is 1.78. The van der Waals surface area contributed by atoms with Crippen LogP contribution in [0.2, 0.25) is 0 Å². The molecule has 0 saturated carbocycles. The fourth-order valence-electron chi connectivity index (χ4n) is 1.85. The van der Waals surface area contributed by atoms with Gasteiger partial charge in [0.1, 0.15) is 5.56 Å². The number of hydrogen-bond donors (Lipinski definition) is 2. The average Bonchev–Trinajstić information content (AvgIpc) is 2.38. The van der Waals surface area contributed by atoms with Crippen LogP contribution in [0.1, 0.15) is 28.9 Å². The van der Waals surface area contributed by atoms with Crippen molar-refractivity contribution in [1.29, 1.82) is 0 Å². The molecule has 20 heavy (non-hydrogen) atoms. The summed E-state index contributed by atoms with van der Waals surface area (Å²) in [7, 11) is 0. The third kappa shape index (κ3) is 3.35. The number of alkyl halides is 3. The number of carboxylic acids is 1.